The van der Waals surface area contributed by atoms with Gasteiger partial charge in [-0.1, -0.05) is 50.3 Å². The van der Waals surface area contributed by atoms with Crippen molar-refractivity contribution in [1.29, 1.82) is 0 Å². The zero-order valence-electron chi connectivity index (χ0n) is 16.0. The monoisotopic (exact) mass is 375 g/mol. The molecular weight excluding hydrogens is 346 g/mol. The molecule has 1 aromatic heterocycles. The summed E-state index contributed by atoms with van der Waals surface area (Å²) in [6.45, 7) is 10.2. The highest BCUT2D eigenvalue weighted by atomic mass is 32.1. The second-order valence-electron chi connectivity index (χ2n) is 6.87. The molecular formula is C20H29N3O2S. The van der Waals surface area contributed by atoms with Crippen molar-refractivity contribution in [3.8, 4) is 5.75 Å². The number of rotatable bonds is 10. The van der Waals surface area contributed by atoms with Gasteiger partial charge in [-0.25, -0.2) is 0 Å². The molecule has 1 aromatic carbocycles. The maximum atomic E-state index is 10.1. The molecule has 5 nitrogen and oxygen atoms in total. The summed E-state index contributed by atoms with van der Waals surface area (Å²) in [5.41, 5.74) is 0.953. The van der Waals surface area contributed by atoms with Gasteiger partial charge in [0.15, 0.2) is 0 Å². The van der Waals surface area contributed by atoms with E-state index < -0.39 is 6.10 Å². The summed E-state index contributed by atoms with van der Waals surface area (Å²) in [5, 5.41) is 23.3. The lowest BCUT2D eigenvalue weighted by molar-refractivity contribution is 0.105. The Labute approximate surface area is 160 Å². The van der Waals surface area contributed by atoms with Crippen molar-refractivity contribution >= 4 is 23.5 Å². The first-order chi connectivity index (χ1) is 12.5. The first-order valence-electron chi connectivity index (χ1n) is 9.04. The van der Waals surface area contributed by atoms with E-state index >= 15 is 0 Å². The zero-order chi connectivity index (χ0) is 18.9. The van der Waals surface area contributed by atoms with Gasteiger partial charge in [-0.15, -0.1) is 10.2 Å². The topological polar surface area (TPSA) is 67.3 Å². The normalized spacial score (nSPS) is 14.1. The van der Waals surface area contributed by atoms with Crippen LogP contribution in [0.25, 0.3) is 12.2 Å². The summed E-state index contributed by atoms with van der Waals surface area (Å²) in [6, 6.07) is 7.78. The van der Waals surface area contributed by atoms with Gasteiger partial charge in [0.25, 0.3) is 0 Å². The molecule has 2 N–H and O–H groups in total. The fourth-order valence-electron chi connectivity index (χ4n) is 2.25. The van der Waals surface area contributed by atoms with Gasteiger partial charge in [-0.3, -0.25) is 0 Å². The number of benzene rings is 1. The highest BCUT2D eigenvalue weighted by Crippen LogP contribution is 2.21. The van der Waals surface area contributed by atoms with E-state index in [1.165, 1.54) is 0 Å². The Balaban J connectivity index is 1.84. The quantitative estimate of drug-likeness (QED) is 0.664. The lowest BCUT2D eigenvalue weighted by atomic mass is 9.98. The van der Waals surface area contributed by atoms with E-state index in [1.54, 1.807) is 11.3 Å². The maximum Gasteiger partial charge on any atom is 0.140 e. The van der Waals surface area contributed by atoms with Crippen LogP contribution in [0.15, 0.2) is 24.3 Å². The van der Waals surface area contributed by atoms with Crippen molar-refractivity contribution < 1.29 is 9.84 Å². The van der Waals surface area contributed by atoms with Crippen LogP contribution < -0.4 is 10.1 Å². The molecule has 0 amide bonds. The van der Waals surface area contributed by atoms with Gasteiger partial charge in [-0.05, 0) is 43.5 Å². The standard InChI is InChI=1S/C20H29N3O2S/c1-14(2)15(3)11-21-12-18(24)13-25-19-8-6-5-7-17(19)9-10-20-23-22-16(4)26-20/h5-10,14-15,18,21,24H,11-13H2,1-4H3/b10-9+. The summed E-state index contributed by atoms with van der Waals surface area (Å²) < 4.78 is 5.82. The first-order valence-corrected chi connectivity index (χ1v) is 9.86. The van der Waals surface area contributed by atoms with E-state index in [2.05, 4.69) is 36.3 Å². The number of ether oxygens (including phenoxy) is 1. The Bertz CT molecular complexity index is 700. The lowest BCUT2D eigenvalue weighted by Crippen LogP contribution is -2.34. The minimum absolute atomic E-state index is 0.256. The average molecular weight is 376 g/mol. The van der Waals surface area contributed by atoms with Crippen LogP contribution in [0.3, 0.4) is 0 Å². The first kappa shape index (κ1) is 20.6. The average Bonchev–Trinajstić information content (AvgIpc) is 3.04. The van der Waals surface area contributed by atoms with E-state index in [9.17, 15) is 5.11 Å². The smallest absolute Gasteiger partial charge is 0.140 e. The van der Waals surface area contributed by atoms with Crippen molar-refractivity contribution in [2.45, 2.75) is 33.8 Å². The number of aryl methyl sites for hydroxylation is 1. The molecule has 0 aliphatic rings. The summed E-state index contributed by atoms with van der Waals surface area (Å²) in [4.78, 5) is 0. The highest BCUT2D eigenvalue weighted by Gasteiger charge is 2.10. The van der Waals surface area contributed by atoms with Crippen LogP contribution >= 0.6 is 11.3 Å². The highest BCUT2D eigenvalue weighted by molar-refractivity contribution is 7.12. The predicted octanol–water partition coefficient (Wildman–Crippen LogP) is 3.64. The Morgan fingerprint density at radius 1 is 1.15 bits per heavy atom. The molecule has 0 radical (unpaired) electrons. The van der Waals surface area contributed by atoms with Crippen LogP contribution in [0.1, 0.15) is 36.3 Å². The summed E-state index contributed by atoms with van der Waals surface area (Å²) in [6.07, 6.45) is 3.35. The minimum atomic E-state index is -0.544. The Kier molecular flexibility index (Phi) is 8.22. The van der Waals surface area contributed by atoms with Crippen LogP contribution in [0, 0.1) is 18.8 Å². The van der Waals surface area contributed by atoms with Crippen LogP contribution in [0.2, 0.25) is 0 Å². The number of nitrogens with one attached hydrogen (secondary N) is 1. The van der Waals surface area contributed by atoms with E-state index in [-0.39, 0.29) is 6.61 Å². The number of hydrogen-bond acceptors (Lipinski definition) is 6. The number of para-hydroxylation sites is 1. The molecule has 26 heavy (non-hydrogen) atoms. The number of aliphatic hydroxyl groups is 1. The molecule has 6 heteroatoms. The van der Waals surface area contributed by atoms with E-state index in [0.29, 0.717) is 18.4 Å². The molecule has 2 unspecified atom stereocenters. The summed E-state index contributed by atoms with van der Waals surface area (Å²) in [7, 11) is 0. The second-order valence-corrected chi connectivity index (χ2v) is 8.09. The Hall–Kier alpha value is -1.76. The molecule has 2 rings (SSSR count). The summed E-state index contributed by atoms with van der Waals surface area (Å²) >= 11 is 1.55. The molecule has 0 aliphatic carbocycles. The van der Waals surface area contributed by atoms with Crippen molar-refractivity contribution in [3.05, 3.63) is 39.8 Å². The second kappa shape index (κ2) is 10.4. The van der Waals surface area contributed by atoms with Gasteiger partial charge in [0.1, 0.15) is 28.5 Å². The third-order valence-electron chi connectivity index (χ3n) is 4.28. The minimum Gasteiger partial charge on any atom is -0.490 e. The van der Waals surface area contributed by atoms with E-state index in [0.717, 1.165) is 27.9 Å². The van der Waals surface area contributed by atoms with Crippen molar-refractivity contribution in [3.63, 3.8) is 0 Å². The zero-order valence-corrected chi connectivity index (χ0v) is 16.8. The van der Waals surface area contributed by atoms with Gasteiger partial charge in [0, 0.05) is 12.1 Å². The summed E-state index contributed by atoms with van der Waals surface area (Å²) in [5.74, 6) is 1.96. The van der Waals surface area contributed by atoms with Crippen LogP contribution in [-0.4, -0.2) is 41.1 Å². The van der Waals surface area contributed by atoms with E-state index in [1.807, 2.05) is 43.3 Å². The van der Waals surface area contributed by atoms with Gasteiger partial charge < -0.3 is 15.2 Å². The van der Waals surface area contributed by atoms with Crippen LogP contribution in [0.4, 0.5) is 0 Å². The largest absolute Gasteiger partial charge is 0.490 e. The molecule has 0 fully saturated rings. The van der Waals surface area contributed by atoms with Crippen molar-refractivity contribution in [2.75, 3.05) is 19.7 Å². The van der Waals surface area contributed by atoms with Gasteiger partial charge >= 0.3 is 0 Å². The SMILES string of the molecule is Cc1nnc(/C=C/c2ccccc2OCC(O)CNCC(C)C(C)C)s1. The lowest BCUT2D eigenvalue weighted by Gasteiger charge is -2.18. The molecule has 0 aliphatic heterocycles. The fourth-order valence-corrected chi connectivity index (χ4v) is 2.85. The molecule has 0 spiro atoms. The Morgan fingerprint density at radius 3 is 2.62 bits per heavy atom. The molecule has 142 valence electrons. The predicted molar refractivity (Wildman–Crippen MR) is 108 cm³/mol. The fraction of sp³-hybridized carbons (Fsp3) is 0.500. The molecule has 0 saturated carbocycles. The van der Waals surface area contributed by atoms with Crippen LogP contribution in [-0.2, 0) is 0 Å². The molecule has 0 bridgehead atoms. The van der Waals surface area contributed by atoms with Gasteiger partial charge in [-0.2, -0.15) is 0 Å². The number of aliphatic hydroxyl groups excluding tert-OH is 1. The van der Waals surface area contributed by atoms with Gasteiger partial charge in [0.05, 0.1) is 0 Å². The van der Waals surface area contributed by atoms with Gasteiger partial charge in [0.2, 0.25) is 0 Å². The van der Waals surface area contributed by atoms with E-state index in [4.69, 9.17) is 4.74 Å². The maximum absolute atomic E-state index is 10.1. The molecule has 1 heterocycles. The number of aromatic nitrogens is 2. The molecule has 0 saturated heterocycles. The Morgan fingerprint density at radius 2 is 1.92 bits per heavy atom. The molecule has 2 aromatic rings. The number of nitrogens with zero attached hydrogens (tertiary/aromatic N) is 2. The third kappa shape index (κ3) is 6.86. The third-order valence-corrected chi connectivity index (χ3v) is 5.09. The van der Waals surface area contributed by atoms with Crippen LogP contribution in [0.5, 0.6) is 5.75 Å². The van der Waals surface area contributed by atoms with Crippen molar-refractivity contribution in [2.24, 2.45) is 11.8 Å². The number of hydrogen-bond donors (Lipinski definition) is 2. The molecule has 2 atom stereocenters. The van der Waals surface area contributed by atoms with Crippen molar-refractivity contribution in [1.82, 2.24) is 15.5 Å².